The van der Waals surface area contributed by atoms with Crippen molar-refractivity contribution in [2.24, 2.45) is 0 Å². The van der Waals surface area contributed by atoms with Crippen molar-refractivity contribution in [3.63, 3.8) is 0 Å². The lowest BCUT2D eigenvalue weighted by atomic mass is 10.2. The van der Waals surface area contributed by atoms with Crippen molar-refractivity contribution in [2.45, 2.75) is 6.43 Å². The van der Waals surface area contributed by atoms with Crippen LogP contribution in [0.1, 0.15) is 17.7 Å². The van der Waals surface area contributed by atoms with Crippen molar-refractivity contribution in [1.29, 1.82) is 5.26 Å². The summed E-state index contributed by atoms with van der Waals surface area (Å²) in [5.74, 6) is -1.03. The number of anilines is 1. The molecule has 0 saturated carbocycles. The summed E-state index contributed by atoms with van der Waals surface area (Å²) in [4.78, 5) is 3.21. The summed E-state index contributed by atoms with van der Waals surface area (Å²) in [7, 11) is 0. The largest absolute Gasteiger partial charge is 0.503 e. The van der Waals surface area contributed by atoms with Crippen LogP contribution < -0.4 is 5.73 Å². The summed E-state index contributed by atoms with van der Waals surface area (Å²) >= 11 is 0. The van der Waals surface area contributed by atoms with Crippen LogP contribution in [0.4, 0.5) is 14.6 Å². The molecule has 0 atom stereocenters. The molecule has 3 N–H and O–H groups in total. The third-order valence-electron chi connectivity index (χ3n) is 1.38. The molecule has 1 aromatic rings. The molecule has 1 heterocycles. The van der Waals surface area contributed by atoms with Gasteiger partial charge in [0, 0.05) is 0 Å². The molecule has 0 bridgehead atoms. The Morgan fingerprint density at radius 1 is 1.62 bits per heavy atom. The monoisotopic (exact) mass is 185 g/mol. The molecule has 13 heavy (non-hydrogen) atoms. The highest BCUT2D eigenvalue weighted by atomic mass is 19.3. The zero-order valence-corrected chi connectivity index (χ0v) is 6.33. The van der Waals surface area contributed by atoms with E-state index < -0.39 is 23.7 Å². The molecule has 0 aliphatic rings. The number of nitrogens with two attached hydrogens (primary N) is 1. The molecule has 1 rings (SSSR count). The third-order valence-corrected chi connectivity index (χ3v) is 1.38. The molecule has 0 aliphatic carbocycles. The molecule has 0 spiro atoms. The van der Waals surface area contributed by atoms with E-state index in [1.165, 1.54) is 6.07 Å². The molecule has 68 valence electrons. The highest BCUT2D eigenvalue weighted by Crippen LogP contribution is 2.27. The first-order valence-electron chi connectivity index (χ1n) is 3.24. The van der Waals surface area contributed by atoms with E-state index in [9.17, 15) is 8.78 Å². The number of nitrogens with zero attached hydrogens (tertiary/aromatic N) is 2. The molecule has 0 saturated heterocycles. The summed E-state index contributed by atoms with van der Waals surface area (Å²) in [5, 5.41) is 17.5. The van der Waals surface area contributed by atoms with Crippen LogP contribution in [0.5, 0.6) is 5.75 Å². The van der Waals surface area contributed by atoms with Crippen LogP contribution in [0.25, 0.3) is 0 Å². The van der Waals surface area contributed by atoms with E-state index in [1.54, 1.807) is 0 Å². The molecule has 0 fully saturated rings. The van der Waals surface area contributed by atoms with Crippen LogP contribution in [0.3, 0.4) is 0 Å². The second-order valence-corrected chi connectivity index (χ2v) is 2.24. The number of rotatable bonds is 1. The van der Waals surface area contributed by atoms with Crippen molar-refractivity contribution in [3.8, 4) is 11.8 Å². The maximum atomic E-state index is 12.1. The summed E-state index contributed by atoms with van der Waals surface area (Å²) in [6.45, 7) is 0. The average Bonchev–Trinajstić information content (AvgIpc) is 2.09. The number of nitriles is 1. The van der Waals surface area contributed by atoms with Gasteiger partial charge in [-0.05, 0) is 6.07 Å². The van der Waals surface area contributed by atoms with Gasteiger partial charge in [-0.15, -0.1) is 0 Å². The van der Waals surface area contributed by atoms with Gasteiger partial charge in [-0.3, -0.25) is 0 Å². The molecular weight excluding hydrogens is 180 g/mol. The fourth-order valence-corrected chi connectivity index (χ4v) is 0.776. The molecular formula is C7H5F2N3O. The van der Waals surface area contributed by atoms with Crippen LogP contribution in [-0.4, -0.2) is 10.1 Å². The first-order valence-corrected chi connectivity index (χ1v) is 3.24. The Balaban J connectivity index is 3.32. The number of aromatic nitrogens is 1. The fraction of sp³-hybridized carbons (Fsp3) is 0.143. The smallest absolute Gasteiger partial charge is 0.280 e. The Bertz CT molecular complexity index is 373. The average molecular weight is 185 g/mol. The van der Waals surface area contributed by atoms with Crippen LogP contribution >= 0.6 is 0 Å². The number of alkyl halides is 2. The van der Waals surface area contributed by atoms with Gasteiger partial charge < -0.3 is 10.8 Å². The van der Waals surface area contributed by atoms with E-state index in [2.05, 4.69) is 4.98 Å². The Hall–Kier alpha value is -1.90. The fourth-order valence-electron chi connectivity index (χ4n) is 0.776. The Labute approximate surface area is 72.2 Å². The van der Waals surface area contributed by atoms with E-state index >= 15 is 0 Å². The molecule has 4 nitrogen and oxygen atoms in total. The standard InChI is InChI=1S/C7H5F2N3O/c8-6(9)4-1-3(2-10)5(13)7(11)12-4/h1,6,13H,(H2,11,12). The third kappa shape index (κ3) is 1.64. The van der Waals surface area contributed by atoms with Gasteiger partial charge in [-0.2, -0.15) is 5.26 Å². The predicted octanol–water partition coefficient (Wildman–Crippen LogP) is 1.18. The number of aromatic hydroxyl groups is 1. The summed E-state index contributed by atoms with van der Waals surface area (Å²) < 4.78 is 24.2. The molecule has 1 aromatic heterocycles. The zero-order chi connectivity index (χ0) is 10.0. The van der Waals surface area contributed by atoms with E-state index in [-0.39, 0.29) is 5.56 Å². The van der Waals surface area contributed by atoms with Gasteiger partial charge in [0.05, 0.1) is 5.56 Å². The van der Waals surface area contributed by atoms with Gasteiger partial charge in [-0.1, -0.05) is 0 Å². The van der Waals surface area contributed by atoms with E-state index in [0.717, 1.165) is 6.07 Å². The summed E-state index contributed by atoms with van der Waals surface area (Å²) in [6, 6.07) is 2.33. The second-order valence-electron chi connectivity index (χ2n) is 2.24. The Morgan fingerprint density at radius 2 is 2.23 bits per heavy atom. The van der Waals surface area contributed by atoms with Crippen molar-refractivity contribution in [1.82, 2.24) is 4.98 Å². The molecule has 0 unspecified atom stereocenters. The maximum Gasteiger partial charge on any atom is 0.280 e. The lowest BCUT2D eigenvalue weighted by Gasteiger charge is -2.03. The first kappa shape index (κ1) is 9.19. The van der Waals surface area contributed by atoms with Crippen LogP contribution in [0, 0.1) is 11.3 Å². The van der Waals surface area contributed by atoms with Crippen molar-refractivity contribution in [2.75, 3.05) is 5.73 Å². The number of hydrogen-bond acceptors (Lipinski definition) is 4. The zero-order valence-electron chi connectivity index (χ0n) is 6.33. The van der Waals surface area contributed by atoms with E-state index in [1.807, 2.05) is 0 Å². The van der Waals surface area contributed by atoms with Gasteiger partial charge in [0.25, 0.3) is 6.43 Å². The Kier molecular flexibility index (Phi) is 2.28. The van der Waals surface area contributed by atoms with Crippen molar-refractivity contribution < 1.29 is 13.9 Å². The van der Waals surface area contributed by atoms with Crippen molar-refractivity contribution in [3.05, 3.63) is 17.3 Å². The minimum absolute atomic E-state index is 0.303. The first-order chi connectivity index (χ1) is 6.06. The molecule has 0 amide bonds. The van der Waals surface area contributed by atoms with Gasteiger partial charge in [0.1, 0.15) is 11.8 Å². The molecule has 0 aromatic carbocycles. The minimum Gasteiger partial charge on any atom is -0.503 e. The maximum absolute atomic E-state index is 12.1. The van der Waals surface area contributed by atoms with Crippen molar-refractivity contribution >= 4 is 5.82 Å². The highest BCUT2D eigenvalue weighted by molar-refractivity contribution is 5.56. The normalized spacial score (nSPS) is 10.0. The van der Waals surface area contributed by atoms with Gasteiger partial charge >= 0.3 is 0 Å². The molecule has 0 radical (unpaired) electrons. The predicted molar refractivity (Wildman–Crippen MR) is 40.0 cm³/mol. The highest BCUT2D eigenvalue weighted by Gasteiger charge is 2.14. The van der Waals surface area contributed by atoms with Crippen LogP contribution in [-0.2, 0) is 0 Å². The molecule has 6 heteroatoms. The SMILES string of the molecule is N#Cc1cc(C(F)F)nc(N)c1O. The minimum atomic E-state index is -2.81. The lowest BCUT2D eigenvalue weighted by molar-refractivity contribution is 0.146. The number of pyridine rings is 1. The molecule has 0 aliphatic heterocycles. The second kappa shape index (κ2) is 3.23. The van der Waals surface area contributed by atoms with Crippen LogP contribution in [0.2, 0.25) is 0 Å². The topological polar surface area (TPSA) is 82.9 Å². The van der Waals surface area contributed by atoms with Gasteiger partial charge in [0.15, 0.2) is 11.6 Å². The number of hydrogen-bond donors (Lipinski definition) is 2. The van der Waals surface area contributed by atoms with Gasteiger partial charge in [0.2, 0.25) is 0 Å². The Morgan fingerprint density at radius 3 is 2.69 bits per heavy atom. The number of halogens is 2. The van der Waals surface area contributed by atoms with E-state index in [0.29, 0.717) is 0 Å². The summed E-state index contributed by atoms with van der Waals surface area (Å²) in [5.41, 5.74) is 4.17. The van der Waals surface area contributed by atoms with Gasteiger partial charge in [-0.25, -0.2) is 13.8 Å². The summed E-state index contributed by atoms with van der Waals surface area (Å²) in [6.07, 6.45) is -2.81. The number of nitrogen functional groups attached to an aromatic ring is 1. The lowest BCUT2D eigenvalue weighted by Crippen LogP contribution is -1.98. The van der Waals surface area contributed by atoms with E-state index in [4.69, 9.17) is 16.1 Å². The van der Waals surface area contributed by atoms with Crippen LogP contribution in [0.15, 0.2) is 6.07 Å². The quantitative estimate of drug-likeness (QED) is 0.688.